The average molecular weight is 481 g/mol. The Bertz CT molecular complexity index is 1140. The van der Waals surface area contributed by atoms with Crippen LogP contribution in [0.2, 0.25) is 0 Å². The highest BCUT2D eigenvalue weighted by Crippen LogP contribution is 2.29. The average Bonchev–Trinajstić information content (AvgIpc) is 2.89. The van der Waals surface area contributed by atoms with Crippen LogP contribution in [-0.2, 0) is 14.3 Å². The third-order valence-corrected chi connectivity index (χ3v) is 5.03. The van der Waals surface area contributed by atoms with E-state index in [1.807, 2.05) is 36.4 Å². The normalized spacial score (nSPS) is 12.8. The van der Waals surface area contributed by atoms with E-state index in [0.717, 1.165) is 16.8 Å². The Morgan fingerprint density at radius 2 is 1.77 bits per heavy atom. The first-order valence-electron chi connectivity index (χ1n) is 11.1. The van der Waals surface area contributed by atoms with Gasteiger partial charge in [0.25, 0.3) is 5.91 Å². The summed E-state index contributed by atoms with van der Waals surface area (Å²) in [6, 6.07) is 19.9. The highest BCUT2D eigenvalue weighted by atomic mass is 16.6. The Kier molecular flexibility index (Phi) is 9.61. The SMILES string of the molecule is CCO[C@@H](/C=C/C(=O)NO)[C@@H](OC(=O)Nc1cccc2ccccc12)c1ccc(OCCO)cc1. The van der Waals surface area contributed by atoms with E-state index >= 15 is 0 Å². The van der Waals surface area contributed by atoms with E-state index in [1.54, 1.807) is 37.3 Å². The maximum atomic E-state index is 13.0. The van der Waals surface area contributed by atoms with E-state index in [1.165, 1.54) is 11.6 Å². The maximum Gasteiger partial charge on any atom is 0.412 e. The van der Waals surface area contributed by atoms with E-state index in [2.05, 4.69) is 5.32 Å². The molecule has 9 heteroatoms. The van der Waals surface area contributed by atoms with Crippen LogP contribution < -0.4 is 15.5 Å². The van der Waals surface area contributed by atoms with Crippen LogP contribution in [0.1, 0.15) is 18.6 Å². The molecule has 0 aliphatic heterocycles. The zero-order valence-corrected chi connectivity index (χ0v) is 19.2. The van der Waals surface area contributed by atoms with Crippen LogP contribution in [0.3, 0.4) is 0 Å². The molecule has 0 aliphatic carbocycles. The van der Waals surface area contributed by atoms with Gasteiger partial charge in [-0.3, -0.25) is 15.3 Å². The summed E-state index contributed by atoms with van der Waals surface area (Å²) < 4.78 is 16.9. The lowest BCUT2D eigenvalue weighted by Gasteiger charge is -2.25. The monoisotopic (exact) mass is 480 g/mol. The molecule has 0 aliphatic rings. The lowest BCUT2D eigenvalue weighted by molar-refractivity contribution is -0.124. The Morgan fingerprint density at radius 1 is 1.03 bits per heavy atom. The fraction of sp³-hybridized carbons (Fsp3) is 0.231. The Morgan fingerprint density at radius 3 is 2.49 bits per heavy atom. The van der Waals surface area contributed by atoms with Gasteiger partial charge >= 0.3 is 6.09 Å². The van der Waals surface area contributed by atoms with Gasteiger partial charge in [0.05, 0.1) is 12.3 Å². The predicted molar refractivity (Wildman–Crippen MR) is 130 cm³/mol. The van der Waals surface area contributed by atoms with Gasteiger partial charge in [-0.2, -0.15) is 0 Å². The summed E-state index contributed by atoms with van der Waals surface area (Å²) in [6.45, 7) is 2.07. The number of aliphatic hydroxyl groups is 1. The van der Waals surface area contributed by atoms with Crippen molar-refractivity contribution in [2.24, 2.45) is 0 Å². The molecular formula is C26H28N2O7. The zero-order valence-electron chi connectivity index (χ0n) is 19.2. The molecule has 0 radical (unpaired) electrons. The Hall–Kier alpha value is -3.92. The third kappa shape index (κ3) is 7.28. The van der Waals surface area contributed by atoms with Crippen LogP contribution in [0.4, 0.5) is 10.5 Å². The van der Waals surface area contributed by atoms with E-state index in [0.29, 0.717) is 17.0 Å². The largest absolute Gasteiger partial charge is 0.491 e. The van der Waals surface area contributed by atoms with Crippen LogP contribution in [0, 0.1) is 0 Å². The summed E-state index contributed by atoms with van der Waals surface area (Å²) in [6.07, 6.45) is 0.0232. The number of hydroxylamine groups is 1. The number of ether oxygens (including phenoxy) is 3. The van der Waals surface area contributed by atoms with Crippen LogP contribution in [-0.4, -0.2) is 48.2 Å². The molecule has 0 fully saturated rings. The number of aliphatic hydroxyl groups excluding tert-OH is 1. The number of anilines is 1. The predicted octanol–water partition coefficient (Wildman–Crippen LogP) is 3.97. The molecule has 3 rings (SSSR count). The van der Waals surface area contributed by atoms with E-state index < -0.39 is 24.2 Å². The quantitative estimate of drug-likeness (QED) is 0.186. The number of rotatable bonds is 11. The fourth-order valence-electron chi connectivity index (χ4n) is 3.49. The van der Waals surface area contributed by atoms with Gasteiger partial charge in [0.15, 0.2) is 6.10 Å². The summed E-state index contributed by atoms with van der Waals surface area (Å²) in [5.41, 5.74) is 2.69. The van der Waals surface area contributed by atoms with Crippen LogP contribution in [0.5, 0.6) is 5.75 Å². The molecule has 184 valence electrons. The second kappa shape index (κ2) is 13.1. The fourth-order valence-corrected chi connectivity index (χ4v) is 3.49. The van der Waals surface area contributed by atoms with Gasteiger partial charge in [0.1, 0.15) is 18.5 Å². The summed E-state index contributed by atoms with van der Waals surface area (Å²) in [5.74, 6) is -0.216. The van der Waals surface area contributed by atoms with Crippen molar-refractivity contribution in [2.75, 3.05) is 25.1 Å². The van der Waals surface area contributed by atoms with Crippen molar-refractivity contribution < 1.29 is 34.1 Å². The van der Waals surface area contributed by atoms with Crippen LogP contribution in [0.15, 0.2) is 78.9 Å². The van der Waals surface area contributed by atoms with E-state index in [4.69, 9.17) is 24.5 Å². The molecule has 9 nitrogen and oxygen atoms in total. The van der Waals surface area contributed by atoms with Gasteiger partial charge < -0.3 is 19.3 Å². The van der Waals surface area contributed by atoms with Gasteiger partial charge in [-0.15, -0.1) is 0 Å². The van der Waals surface area contributed by atoms with E-state index in [9.17, 15) is 9.59 Å². The maximum absolute atomic E-state index is 13.0. The Balaban J connectivity index is 1.87. The molecule has 0 spiro atoms. The third-order valence-electron chi connectivity index (χ3n) is 5.03. The highest BCUT2D eigenvalue weighted by Gasteiger charge is 2.27. The van der Waals surface area contributed by atoms with Gasteiger partial charge in [-0.05, 0) is 42.1 Å². The van der Waals surface area contributed by atoms with Gasteiger partial charge in [-0.1, -0.05) is 48.5 Å². The number of fused-ring (bicyclic) bond motifs is 1. The number of nitrogens with one attached hydrogen (secondary N) is 2. The minimum atomic E-state index is -0.931. The summed E-state index contributed by atoms with van der Waals surface area (Å²) in [7, 11) is 0. The van der Waals surface area contributed by atoms with Crippen molar-refractivity contribution >= 4 is 28.5 Å². The highest BCUT2D eigenvalue weighted by molar-refractivity contribution is 6.00. The van der Waals surface area contributed by atoms with Crippen molar-refractivity contribution in [1.29, 1.82) is 0 Å². The van der Waals surface area contributed by atoms with Crippen molar-refractivity contribution in [3.05, 3.63) is 84.4 Å². The first-order chi connectivity index (χ1) is 17.0. The van der Waals surface area contributed by atoms with Crippen molar-refractivity contribution in [1.82, 2.24) is 5.48 Å². The standard InChI is InChI=1S/C26H28N2O7/c1-2-33-23(14-15-24(30)28-32)25(19-10-12-20(13-11-19)34-17-16-29)35-26(31)27-22-9-5-7-18-6-3-4-8-21(18)22/h3-15,23,25,29,32H,2,16-17H2,1H3,(H,27,31)(H,28,30)/b15-14+/t23-,25-/m0/s1. The first kappa shape index (κ1) is 25.7. The number of hydrogen-bond donors (Lipinski definition) is 4. The molecule has 3 aromatic carbocycles. The first-order valence-corrected chi connectivity index (χ1v) is 11.1. The van der Waals surface area contributed by atoms with Gasteiger partial charge in [0.2, 0.25) is 0 Å². The molecule has 2 atom stereocenters. The van der Waals surface area contributed by atoms with E-state index in [-0.39, 0.29) is 19.8 Å². The minimum Gasteiger partial charge on any atom is -0.491 e. The molecule has 0 bridgehead atoms. The molecule has 0 saturated carbocycles. The molecular weight excluding hydrogens is 452 g/mol. The molecule has 2 amide bonds. The molecule has 0 aromatic heterocycles. The van der Waals surface area contributed by atoms with Gasteiger partial charge in [-0.25, -0.2) is 10.3 Å². The summed E-state index contributed by atoms with van der Waals surface area (Å²) in [5, 5.41) is 22.4. The van der Waals surface area contributed by atoms with Crippen LogP contribution in [0.25, 0.3) is 10.8 Å². The van der Waals surface area contributed by atoms with Gasteiger partial charge in [0, 0.05) is 18.1 Å². The van der Waals surface area contributed by atoms with Crippen molar-refractivity contribution in [3.8, 4) is 5.75 Å². The summed E-state index contributed by atoms with van der Waals surface area (Å²) in [4.78, 5) is 24.5. The molecule has 3 aromatic rings. The Labute approximate surface area is 202 Å². The number of amides is 2. The lowest BCUT2D eigenvalue weighted by atomic mass is 10.0. The zero-order chi connectivity index (χ0) is 25.0. The number of benzene rings is 3. The minimum absolute atomic E-state index is 0.119. The number of carbonyl (C=O) groups is 2. The number of carbonyl (C=O) groups excluding carboxylic acids is 2. The van der Waals surface area contributed by atoms with Crippen molar-refractivity contribution in [3.63, 3.8) is 0 Å². The lowest BCUT2D eigenvalue weighted by Crippen LogP contribution is -2.28. The summed E-state index contributed by atoms with van der Waals surface area (Å²) >= 11 is 0. The second-order valence-electron chi connectivity index (χ2n) is 7.37. The number of hydrogen-bond acceptors (Lipinski definition) is 7. The molecule has 0 unspecified atom stereocenters. The van der Waals surface area contributed by atoms with Crippen molar-refractivity contribution in [2.45, 2.75) is 19.1 Å². The second-order valence-corrected chi connectivity index (χ2v) is 7.37. The molecule has 0 saturated heterocycles. The van der Waals surface area contributed by atoms with Crippen LogP contribution >= 0.6 is 0 Å². The molecule has 4 N–H and O–H groups in total. The molecule has 0 heterocycles. The smallest absolute Gasteiger partial charge is 0.412 e. The molecule has 35 heavy (non-hydrogen) atoms. The topological polar surface area (TPSA) is 126 Å².